The molecular formula is C13H15NO2. The molecule has 0 amide bonds. The molecule has 0 spiro atoms. The summed E-state index contributed by atoms with van der Waals surface area (Å²) in [4.78, 5) is 11.0. The maximum atomic E-state index is 11.0. The highest BCUT2D eigenvalue weighted by Gasteiger charge is 2.02. The van der Waals surface area contributed by atoms with Crippen molar-refractivity contribution in [3.63, 3.8) is 0 Å². The summed E-state index contributed by atoms with van der Waals surface area (Å²) >= 11 is 0. The van der Waals surface area contributed by atoms with E-state index in [2.05, 4.69) is 26.3 Å². The molecule has 0 heterocycles. The van der Waals surface area contributed by atoms with Crippen molar-refractivity contribution in [2.75, 3.05) is 6.61 Å². The van der Waals surface area contributed by atoms with E-state index < -0.39 is 5.97 Å². The van der Waals surface area contributed by atoms with Crippen molar-refractivity contribution in [2.24, 2.45) is 0 Å². The van der Waals surface area contributed by atoms with Gasteiger partial charge in [0, 0.05) is 6.08 Å². The molecule has 0 aromatic rings. The van der Waals surface area contributed by atoms with Gasteiger partial charge in [-0.25, -0.2) is 4.79 Å². The monoisotopic (exact) mass is 217 g/mol. The number of ether oxygens (including phenoxy) is 1. The minimum atomic E-state index is -0.437. The van der Waals surface area contributed by atoms with Gasteiger partial charge in [0.1, 0.15) is 6.61 Å². The third-order valence-corrected chi connectivity index (χ3v) is 1.12. The van der Waals surface area contributed by atoms with Crippen LogP contribution in [0.5, 0.6) is 0 Å². The third-order valence-electron chi connectivity index (χ3n) is 1.12. The lowest BCUT2D eigenvalue weighted by Crippen LogP contribution is -2.04. The van der Waals surface area contributed by atoms with Crippen LogP contribution in [0.2, 0.25) is 0 Å². The van der Waals surface area contributed by atoms with Crippen molar-refractivity contribution in [2.45, 2.75) is 0 Å². The van der Waals surface area contributed by atoms with Crippen LogP contribution in [0.3, 0.4) is 0 Å². The first-order valence-corrected chi connectivity index (χ1v) is 4.40. The van der Waals surface area contributed by atoms with E-state index in [-0.39, 0.29) is 6.61 Å². The van der Waals surface area contributed by atoms with Crippen LogP contribution >= 0.6 is 0 Å². The Labute approximate surface area is 96.3 Å². The second-order valence-electron chi connectivity index (χ2n) is 2.34. The first-order chi connectivity index (χ1) is 7.63. The van der Waals surface area contributed by atoms with Crippen LogP contribution in [0.25, 0.3) is 0 Å². The fourth-order valence-electron chi connectivity index (χ4n) is 0.480. The summed E-state index contributed by atoms with van der Waals surface area (Å²) in [5.74, 6) is -0.437. The third kappa shape index (κ3) is 11.7. The van der Waals surface area contributed by atoms with E-state index in [1.54, 1.807) is 24.3 Å². The van der Waals surface area contributed by atoms with Gasteiger partial charge in [0.2, 0.25) is 0 Å². The molecule has 0 aliphatic heterocycles. The lowest BCUT2D eigenvalue weighted by Gasteiger charge is -1.99. The number of esters is 1. The molecule has 0 rings (SSSR count). The topological polar surface area (TPSA) is 50.1 Å². The highest BCUT2D eigenvalue weighted by atomic mass is 16.5. The van der Waals surface area contributed by atoms with E-state index in [1.165, 1.54) is 12.2 Å². The normalized spacial score (nSPS) is 7.94. The van der Waals surface area contributed by atoms with Crippen molar-refractivity contribution < 1.29 is 9.53 Å². The molecule has 0 fully saturated rings. The minimum Gasteiger partial charge on any atom is -0.458 e. The van der Waals surface area contributed by atoms with Crippen molar-refractivity contribution in [3.05, 3.63) is 62.3 Å². The molecular weight excluding hydrogens is 202 g/mol. The van der Waals surface area contributed by atoms with Crippen LogP contribution in [-0.4, -0.2) is 12.6 Å². The van der Waals surface area contributed by atoms with Gasteiger partial charge in [-0.3, -0.25) is 0 Å². The Hall–Kier alpha value is -2.34. The molecule has 0 aromatic heterocycles. The zero-order chi connectivity index (χ0) is 12.8. The molecule has 3 nitrogen and oxygen atoms in total. The summed E-state index contributed by atoms with van der Waals surface area (Å²) in [6, 6.07) is 1.69. The molecule has 0 atom stereocenters. The van der Waals surface area contributed by atoms with Crippen LogP contribution in [0.1, 0.15) is 0 Å². The summed E-state index contributed by atoms with van der Waals surface area (Å²) in [5, 5.41) is 7.51. The van der Waals surface area contributed by atoms with Crippen LogP contribution < -0.4 is 0 Å². The first-order valence-electron chi connectivity index (χ1n) is 4.40. The number of nitrogens with zero attached hydrogens (tertiary/aromatic N) is 1. The van der Waals surface area contributed by atoms with Crippen molar-refractivity contribution >= 4 is 5.97 Å². The summed E-state index contributed by atoms with van der Waals surface area (Å²) in [6.07, 6.45) is 7.41. The molecule has 0 N–H and O–H groups in total. The molecule has 0 bridgehead atoms. The molecule has 0 unspecified atom stereocenters. The van der Waals surface area contributed by atoms with Crippen LogP contribution in [0.15, 0.2) is 62.3 Å². The van der Waals surface area contributed by atoms with Gasteiger partial charge in [0.25, 0.3) is 0 Å². The fourth-order valence-corrected chi connectivity index (χ4v) is 0.480. The zero-order valence-corrected chi connectivity index (χ0v) is 9.19. The summed E-state index contributed by atoms with van der Waals surface area (Å²) in [7, 11) is 0. The second-order valence-corrected chi connectivity index (χ2v) is 2.34. The van der Waals surface area contributed by atoms with Gasteiger partial charge in [-0.2, -0.15) is 5.26 Å². The SMILES string of the molecule is C=CC#N.C=CC=CC(=C)C(=O)OCC=C. The van der Waals surface area contributed by atoms with Gasteiger partial charge in [0.05, 0.1) is 11.6 Å². The largest absolute Gasteiger partial charge is 0.458 e. The predicted octanol–water partition coefficient (Wildman–Crippen LogP) is 2.71. The van der Waals surface area contributed by atoms with Gasteiger partial charge in [-0.1, -0.05) is 44.5 Å². The first kappa shape index (κ1) is 16.1. The predicted molar refractivity (Wildman–Crippen MR) is 65.4 cm³/mol. The smallest absolute Gasteiger partial charge is 0.337 e. The quantitative estimate of drug-likeness (QED) is 0.234. The molecule has 16 heavy (non-hydrogen) atoms. The van der Waals surface area contributed by atoms with E-state index in [1.807, 2.05) is 0 Å². The maximum absolute atomic E-state index is 11.0. The van der Waals surface area contributed by atoms with Gasteiger partial charge in [-0.05, 0) is 6.08 Å². The highest BCUT2D eigenvalue weighted by molar-refractivity contribution is 5.90. The number of carbonyl (C=O) groups is 1. The Kier molecular flexibility index (Phi) is 12.7. The lowest BCUT2D eigenvalue weighted by atomic mass is 10.3. The molecule has 3 heteroatoms. The lowest BCUT2D eigenvalue weighted by molar-refractivity contribution is -0.137. The van der Waals surface area contributed by atoms with Crippen LogP contribution in [0, 0.1) is 11.3 Å². The molecule has 0 aliphatic rings. The van der Waals surface area contributed by atoms with E-state index in [9.17, 15) is 4.79 Å². The fraction of sp³-hybridized carbons (Fsp3) is 0.0769. The summed E-state index contributed by atoms with van der Waals surface area (Å²) < 4.78 is 4.71. The maximum Gasteiger partial charge on any atom is 0.337 e. The van der Waals surface area contributed by atoms with Gasteiger partial charge >= 0.3 is 5.97 Å². The standard InChI is InChI=1S/C10H12O2.C3H3N/c1-4-6-7-9(3)10(11)12-8-5-2;1-2-3-4/h4-7H,1-3,8H2;2H,1H2. The molecule has 0 saturated carbocycles. The van der Waals surface area contributed by atoms with Crippen LogP contribution in [-0.2, 0) is 9.53 Å². The number of allylic oxidation sites excluding steroid dienone is 3. The Morgan fingerprint density at radius 3 is 2.31 bits per heavy atom. The number of hydrogen-bond donors (Lipinski definition) is 0. The molecule has 0 saturated heterocycles. The van der Waals surface area contributed by atoms with Crippen molar-refractivity contribution in [3.8, 4) is 6.07 Å². The van der Waals surface area contributed by atoms with Gasteiger partial charge in [-0.15, -0.1) is 0 Å². The Balaban J connectivity index is 0. The van der Waals surface area contributed by atoms with Gasteiger partial charge in [0.15, 0.2) is 0 Å². The van der Waals surface area contributed by atoms with Crippen molar-refractivity contribution in [1.82, 2.24) is 0 Å². The van der Waals surface area contributed by atoms with Gasteiger partial charge < -0.3 is 4.74 Å². The van der Waals surface area contributed by atoms with Crippen LogP contribution in [0.4, 0.5) is 0 Å². The van der Waals surface area contributed by atoms with E-state index in [4.69, 9.17) is 10.00 Å². The Morgan fingerprint density at radius 2 is 1.94 bits per heavy atom. The van der Waals surface area contributed by atoms with E-state index >= 15 is 0 Å². The molecule has 84 valence electrons. The summed E-state index contributed by atoms with van der Waals surface area (Å²) in [5.41, 5.74) is 0.303. The number of nitriles is 1. The number of rotatable bonds is 5. The Bertz CT molecular complexity index is 332. The van der Waals surface area contributed by atoms with Crippen molar-refractivity contribution in [1.29, 1.82) is 5.26 Å². The molecule has 0 radical (unpaired) electrons. The molecule has 0 aliphatic carbocycles. The zero-order valence-electron chi connectivity index (χ0n) is 9.19. The average molecular weight is 217 g/mol. The Morgan fingerprint density at radius 1 is 1.38 bits per heavy atom. The second kappa shape index (κ2) is 12.7. The molecule has 0 aromatic carbocycles. The van der Waals surface area contributed by atoms with E-state index in [0.29, 0.717) is 5.57 Å². The summed E-state index contributed by atoms with van der Waals surface area (Å²) in [6.45, 7) is 13.7. The minimum absolute atomic E-state index is 0.208. The van der Waals surface area contributed by atoms with E-state index in [0.717, 1.165) is 0 Å². The number of hydrogen-bond acceptors (Lipinski definition) is 3. The number of carbonyl (C=O) groups excluding carboxylic acids is 1. The average Bonchev–Trinajstić information content (AvgIpc) is 2.33. The highest BCUT2D eigenvalue weighted by Crippen LogP contribution is 1.96.